The van der Waals surface area contributed by atoms with Crippen molar-refractivity contribution < 1.29 is 4.74 Å². The van der Waals surface area contributed by atoms with Crippen LogP contribution in [-0.2, 0) is 5.41 Å². The third-order valence-corrected chi connectivity index (χ3v) is 10.1. The Balaban J connectivity index is 1.26. The predicted molar refractivity (Wildman–Crippen MR) is 206 cm³/mol. The topological polar surface area (TPSA) is 71.7 Å². The summed E-state index contributed by atoms with van der Waals surface area (Å²) in [6.45, 7) is 0. The lowest BCUT2D eigenvalue weighted by Gasteiger charge is -2.45. The molecule has 0 amide bonds. The van der Waals surface area contributed by atoms with E-state index in [-0.39, 0.29) is 5.92 Å². The van der Waals surface area contributed by atoms with Crippen LogP contribution >= 0.6 is 0 Å². The average molecular weight is 669 g/mol. The van der Waals surface area contributed by atoms with E-state index in [0.29, 0.717) is 23.0 Å². The minimum atomic E-state index is -0.506. The Morgan fingerprint density at radius 3 is 1.90 bits per heavy atom. The summed E-state index contributed by atoms with van der Waals surface area (Å²) in [7, 11) is 0. The molecule has 6 aromatic carbocycles. The first-order valence-corrected chi connectivity index (χ1v) is 17.4. The summed E-state index contributed by atoms with van der Waals surface area (Å²) >= 11 is 0. The van der Waals surface area contributed by atoms with Gasteiger partial charge in [-0.25, -0.2) is 15.0 Å². The van der Waals surface area contributed by atoms with E-state index in [0.717, 1.165) is 56.9 Å². The van der Waals surface area contributed by atoms with E-state index in [1.807, 2.05) is 54.6 Å². The standard InChI is InChI=1S/C47H32N4O/c48-31-32-24-26-34(27-25-32)45-49-44(33-14-4-1-5-15-33)50-46(51-45)39-21-11-10-20-38(39)35-28-29-43-41(30-35)47(36-16-6-2-7-17-36,37-18-8-3-9-19-37)40-22-12-13-23-42(40)52-43/h1-18,20-30,37H,19H2. The monoisotopic (exact) mass is 668 g/mol. The van der Waals surface area contributed by atoms with Gasteiger partial charge in [0.15, 0.2) is 17.5 Å². The first-order valence-electron chi connectivity index (χ1n) is 17.4. The highest BCUT2D eigenvalue weighted by atomic mass is 16.5. The number of ether oxygens (including phenoxy) is 1. The summed E-state index contributed by atoms with van der Waals surface area (Å²) < 4.78 is 6.70. The van der Waals surface area contributed by atoms with Gasteiger partial charge in [-0.15, -0.1) is 0 Å². The van der Waals surface area contributed by atoms with Crippen molar-refractivity contribution in [3.05, 3.63) is 198 Å². The molecule has 7 aromatic rings. The zero-order valence-electron chi connectivity index (χ0n) is 28.2. The molecule has 9 rings (SSSR count). The van der Waals surface area contributed by atoms with Crippen LogP contribution in [0.15, 0.2) is 176 Å². The van der Waals surface area contributed by atoms with Gasteiger partial charge in [-0.1, -0.05) is 133 Å². The van der Waals surface area contributed by atoms with Crippen molar-refractivity contribution in [2.45, 2.75) is 11.8 Å². The Hall–Kier alpha value is -6.90. The lowest BCUT2D eigenvalue weighted by Crippen LogP contribution is -2.39. The molecule has 2 heterocycles. The van der Waals surface area contributed by atoms with E-state index in [1.165, 1.54) is 5.56 Å². The van der Waals surface area contributed by atoms with Crippen LogP contribution in [0, 0.1) is 17.2 Å². The van der Waals surface area contributed by atoms with Gasteiger partial charge >= 0.3 is 0 Å². The van der Waals surface area contributed by atoms with E-state index in [2.05, 4.69) is 115 Å². The third-order valence-electron chi connectivity index (χ3n) is 10.1. The van der Waals surface area contributed by atoms with Crippen molar-refractivity contribution in [2.24, 2.45) is 5.92 Å². The fraction of sp³-hybridized carbons (Fsp3) is 0.0638. The van der Waals surface area contributed by atoms with Gasteiger partial charge in [-0.3, -0.25) is 0 Å². The number of para-hydroxylation sites is 1. The highest BCUT2D eigenvalue weighted by molar-refractivity contribution is 5.83. The molecule has 0 N–H and O–H groups in total. The lowest BCUT2D eigenvalue weighted by molar-refractivity contribution is 0.367. The third kappa shape index (κ3) is 5.30. The Morgan fingerprint density at radius 2 is 1.17 bits per heavy atom. The first-order chi connectivity index (χ1) is 25.7. The number of nitrogens with zero attached hydrogens (tertiary/aromatic N) is 4. The molecule has 0 radical (unpaired) electrons. The summed E-state index contributed by atoms with van der Waals surface area (Å²) in [5.74, 6) is 3.57. The van der Waals surface area contributed by atoms with Crippen LogP contribution in [0.1, 0.15) is 28.7 Å². The number of hydrogen-bond acceptors (Lipinski definition) is 5. The van der Waals surface area contributed by atoms with E-state index >= 15 is 0 Å². The number of rotatable bonds is 6. The smallest absolute Gasteiger partial charge is 0.164 e. The lowest BCUT2D eigenvalue weighted by atomic mass is 9.59. The van der Waals surface area contributed by atoms with Crippen LogP contribution in [-0.4, -0.2) is 15.0 Å². The second-order valence-electron chi connectivity index (χ2n) is 13.0. The van der Waals surface area contributed by atoms with Crippen LogP contribution in [0.5, 0.6) is 11.5 Å². The van der Waals surface area contributed by atoms with Crippen molar-refractivity contribution in [1.29, 1.82) is 5.26 Å². The van der Waals surface area contributed by atoms with Gasteiger partial charge in [-0.05, 0) is 71.5 Å². The van der Waals surface area contributed by atoms with Crippen LogP contribution in [0.4, 0.5) is 0 Å². The first kappa shape index (κ1) is 31.1. The highest BCUT2D eigenvalue weighted by Gasteiger charge is 2.48. The number of allylic oxidation sites excluding steroid dienone is 4. The van der Waals surface area contributed by atoms with Crippen LogP contribution in [0.25, 0.3) is 45.3 Å². The molecule has 0 saturated carbocycles. The number of benzene rings is 6. The second-order valence-corrected chi connectivity index (χ2v) is 13.0. The van der Waals surface area contributed by atoms with Crippen molar-refractivity contribution in [1.82, 2.24) is 15.0 Å². The van der Waals surface area contributed by atoms with Gasteiger partial charge < -0.3 is 4.74 Å². The van der Waals surface area contributed by atoms with Crippen LogP contribution < -0.4 is 4.74 Å². The molecule has 2 unspecified atom stereocenters. The quantitative estimate of drug-likeness (QED) is 0.176. The molecule has 52 heavy (non-hydrogen) atoms. The fourth-order valence-electron chi connectivity index (χ4n) is 7.73. The molecule has 2 atom stereocenters. The zero-order valence-corrected chi connectivity index (χ0v) is 28.2. The maximum absolute atomic E-state index is 9.41. The number of aromatic nitrogens is 3. The molecular weight excluding hydrogens is 637 g/mol. The maximum Gasteiger partial charge on any atom is 0.164 e. The molecule has 1 aliphatic carbocycles. The Bertz CT molecular complexity index is 2530. The van der Waals surface area contributed by atoms with E-state index < -0.39 is 5.41 Å². The minimum Gasteiger partial charge on any atom is -0.457 e. The number of hydrogen-bond donors (Lipinski definition) is 0. The van der Waals surface area contributed by atoms with Crippen molar-refractivity contribution in [3.8, 4) is 62.9 Å². The number of nitriles is 1. The summed E-state index contributed by atoms with van der Waals surface area (Å²) in [5, 5.41) is 9.41. The molecule has 0 bridgehead atoms. The van der Waals surface area contributed by atoms with E-state index in [9.17, 15) is 5.26 Å². The Kier molecular flexibility index (Phi) is 7.83. The van der Waals surface area contributed by atoms with Gasteiger partial charge in [0.25, 0.3) is 0 Å². The molecule has 1 aromatic heterocycles. The molecule has 5 nitrogen and oxygen atoms in total. The molecule has 246 valence electrons. The predicted octanol–water partition coefficient (Wildman–Crippen LogP) is 11.0. The highest BCUT2D eigenvalue weighted by Crippen LogP contribution is 2.57. The van der Waals surface area contributed by atoms with Gasteiger partial charge in [-0.2, -0.15) is 5.26 Å². The molecular formula is C47H32N4O. The largest absolute Gasteiger partial charge is 0.457 e. The molecule has 0 saturated heterocycles. The van der Waals surface area contributed by atoms with Gasteiger partial charge in [0.1, 0.15) is 11.5 Å². The second kappa shape index (κ2) is 13.1. The molecule has 0 fully saturated rings. The fourth-order valence-corrected chi connectivity index (χ4v) is 7.73. The van der Waals surface area contributed by atoms with Crippen molar-refractivity contribution >= 4 is 0 Å². The Labute approximate surface area is 302 Å². The van der Waals surface area contributed by atoms with Gasteiger partial charge in [0, 0.05) is 27.8 Å². The van der Waals surface area contributed by atoms with Crippen LogP contribution in [0.3, 0.4) is 0 Å². The van der Waals surface area contributed by atoms with Gasteiger partial charge in [0.2, 0.25) is 0 Å². The normalized spacial score (nSPS) is 17.0. The molecule has 1 aliphatic heterocycles. The van der Waals surface area contributed by atoms with E-state index in [4.69, 9.17) is 19.7 Å². The SMILES string of the molecule is N#Cc1ccc(-c2nc(-c3ccccc3)nc(-c3ccccc3-c3ccc4c(c3)C(c3ccccc3)(C3C=CC=CC3)c3ccccc3O4)n2)cc1. The van der Waals surface area contributed by atoms with E-state index in [1.54, 1.807) is 12.1 Å². The summed E-state index contributed by atoms with van der Waals surface area (Å²) in [5.41, 5.74) is 8.20. The Morgan fingerprint density at radius 1 is 0.558 bits per heavy atom. The zero-order chi connectivity index (χ0) is 34.9. The van der Waals surface area contributed by atoms with Gasteiger partial charge in [0.05, 0.1) is 17.0 Å². The maximum atomic E-state index is 9.41. The summed E-state index contributed by atoms with van der Waals surface area (Å²) in [4.78, 5) is 15.0. The van der Waals surface area contributed by atoms with Crippen LogP contribution in [0.2, 0.25) is 0 Å². The average Bonchev–Trinajstić information content (AvgIpc) is 3.23. The summed E-state index contributed by atoms with van der Waals surface area (Å²) in [6, 6.07) is 53.7. The minimum absolute atomic E-state index is 0.154. The van der Waals surface area contributed by atoms with Crippen molar-refractivity contribution in [3.63, 3.8) is 0 Å². The molecule has 5 heteroatoms. The van der Waals surface area contributed by atoms with Crippen molar-refractivity contribution in [2.75, 3.05) is 0 Å². The summed E-state index contributed by atoms with van der Waals surface area (Å²) in [6.07, 6.45) is 9.82. The molecule has 0 spiro atoms. The number of fused-ring (bicyclic) bond motifs is 2. The molecule has 2 aliphatic rings.